The summed E-state index contributed by atoms with van der Waals surface area (Å²) in [6.07, 6.45) is 16.3. The molecule has 4 nitrogen and oxygen atoms in total. The fourth-order valence-electron chi connectivity index (χ4n) is 2.66. The third kappa shape index (κ3) is 24.9. The van der Waals surface area contributed by atoms with Gasteiger partial charge in [-0.3, -0.25) is 0 Å². The van der Waals surface area contributed by atoms with E-state index in [9.17, 15) is 19.8 Å². The van der Waals surface area contributed by atoms with Crippen LogP contribution in [0.1, 0.15) is 103 Å². The molecule has 0 saturated carbocycles. The van der Waals surface area contributed by atoms with Crippen LogP contribution in [0.5, 0.6) is 0 Å². The van der Waals surface area contributed by atoms with E-state index in [1.54, 1.807) is 0 Å². The van der Waals surface area contributed by atoms with Crippen molar-refractivity contribution in [3.05, 3.63) is 0 Å². The van der Waals surface area contributed by atoms with E-state index in [0.717, 1.165) is 38.5 Å². The molecule has 0 aliphatic carbocycles. The molecule has 130 valence electrons. The van der Waals surface area contributed by atoms with Crippen molar-refractivity contribution in [3.8, 4) is 0 Å². The van der Waals surface area contributed by atoms with Gasteiger partial charge in [0.05, 0.1) is 0 Å². The van der Waals surface area contributed by atoms with Crippen LogP contribution in [0.3, 0.4) is 0 Å². The van der Waals surface area contributed by atoms with Gasteiger partial charge in [0, 0.05) is 11.9 Å². The topological polar surface area (TPSA) is 80.3 Å². The van der Waals surface area contributed by atoms with E-state index < -0.39 is 11.9 Å². The van der Waals surface area contributed by atoms with Gasteiger partial charge in [-0.15, -0.1) is 0 Å². The summed E-state index contributed by atoms with van der Waals surface area (Å²) < 4.78 is 0. The summed E-state index contributed by atoms with van der Waals surface area (Å²) in [7, 11) is 0. The van der Waals surface area contributed by atoms with E-state index in [-0.39, 0.29) is 61.7 Å². The SMILES string of the molecule is O=C([O-])CCCCCCCCCCCCCCCCC(=O)[O-].[Ba+2]. The first-order chi connectivity index (χ1) is 10.6. The van der Waals surface area contributed by atoms with Crippen molar-refractivity contribution in [2.24, 2.45) is 0 Å². The summed E-state index contributed by atoms with van der Waals surface area (Å²) in [5.41, 5.74) is 0. The van der Waals surface area contributed by atoms with Crippen molar-refractivity contribution >= 4 is 60.8 Å². The monoisotopic (exact) mass is 450 g/mol. The number of hydrogen-bond donors (Lipinski definition) is 0. The molecule has 0 saturated heterocycles. The third-order valence-electron chi connectivity index (χ3n) is 4.01. The quantitative estimate of drug-likeness (QED) is 0.252. The molecule has 5 heteroatoms. The van der Waals surface area contributed by atoms with Gasteiger partial charge in [0.25, 0.3) is 0 Å². The Morgan fingerprint density at radius 1 is 0.435 bits per heavy atom. The van der Waals surface area contributed by atoms with Crippen LogP contribution >= 0.6 is 0 Å². The summed E-state index contributed by atoms with van der Waals surface area (Å²) in [6, 6.07) is 0. The standard InChI is InChI=1S/C18H34O4.Ba/c19-17(20)15-13-11-9-7-5-3-1-2-4-6-8-10-12-14-16-18(21)22;/h1-16H2,(H,19,20)(H,21,22);/q;+2/p-2. The Hall–Kier alpha value is 0.511. The molecule has 0 aromatic carbocycles. The number of carbonyl (C=O) groups excluding carboxylic acids is 2. The molecular weight excluding hydrogens is 418 g/mol. The van der Waals surface area contributed by atoms with E-state index >= 15 is 0 Å². The van der Waals surface area contributed by atoms with Crippen molar-refractivity contribution in [3.63, 3.8) is 0 Å². The average molecular weight is 450 g/mol. The van der Waals surface area contributed by atoms with Gasteiger partial charge >= 0.3 is 48.9 Å². The molecule has 0 aromatic rings. The van der Waals surface area contributed by atoms with Crippen LogP contribution in [0.25, 0.3) is 0 Å². The van der Waals surface area contributed by atoms with Gasteiger partial charge in [0.2, 0.25) is 0 Å². The Balaban J connectivity index is 0. The van der Waals surface area contributed by atoms with E-state index in [1.807, 2.05) is 0 Å². The zero-order valence-corrected chi connectivity index (χ0v) is 19.1. The number of hydrogen-bond acceptors (Lipinski definition) is 4. The molecule has 0 aliphatic heterocycles. The van der Waals surface area contributed by atoms with Crippen LogP contribution in [0, 0.1) is 0 Å². The predicted octanol–water partition coefficient (Wildman–Crippen LogP) is 2.35. The van der Waals surface area contributed by atoms with E-state index in [2.05, 4.69) is 0 Å². The maximum Gasteiger partial charge on any atom is 2.00 e. The molecule has 0 heterocycles. The van der Waals surface area contributed by atoms with Crippen molar-refractivity contribution in [2.75, 3.05) is 0 Å². The zero-order chi connectivity index (χ0) is 16.5. The van der Waals surface area contributed by atoms with Crippen LogP contribution in [0.2, 0.25) is 0 Å². The van der Waals surface area contributed by atoms with Crippen molar-refractivity contribution < 1.29 is 19.8 Å². The first-order valence-corrected chi connectivity index (χ1v) is 9.02. The Labute approximate surface area is 181 Å². The molecule has 0 fully saturated rings. The number of aliphatic carboxylic acids is 2. The van der Waals surface area contributed by atoms with Gasteiger partial charge in [-0.05, 0) is 25.7 Å². The number of rotatable bonds is 17. The predicted molar refractivity (Wildman–Crippen MR) is 89.6 cm³/mol. The van der Waals surface area contributed by atoms with Gasteiger partial charge < -0.3 is 19.8 Å². The molecule has 0 rings (SSSR count). The van der Waals surface area contributed by atoms with Gasteiger partial charge in [0.1, 0.15) is 0 Å². The summed E-state index contributed by atoms with van der Waals surface area (Å²) in [6.45, 7) is 0. The fourth-order valence-corrected chi connectivity index (χ4v) is 2.66. The largest absolute Gasteiger partial charge is 2.00 e. The first-order valence-electron chi connectivity index (χ1n) is 9.02. The minimum absolute atomic E-state index is 0. The van der Waals surface area contributed by atoms with Crippen LogP contribution in [0.4, 0.5) is 0 Å². The van der Waals surface area contributed by atoms with Crippen LogP contribution in [-0.4, -0.2) is 60.8 Å². The molecule has 0 spiro atoms. The summed E-state index contributed by atoms with van der Waals surface area (Å²) in [5.74, 6) is -1.86. The molecular formula is C18H32BaO4. The minimum Gasteiger partial charge on any atom is -0.550 e. The van der Waals surface area contributed by atoms with Crippen LogP contribution < -0.4 is 10.2 Å². The summed E-state index contributed by atoms with van der Waals surface area (Å²) in [5, 5.41) is 20.4. The second-order valence-electron chi connectivity index (χ2n) is 6.19. The number of carboxylic acid groups (broad SMARTS) is 2. The van der Waals surface area contributed by atoms with Gasteiger partial charge in [0.15, 0.2) is 0 Å². The van der Waals surface area contributed by atoms with Crippen molar-refractivity contribution in [1.82, 2.24) is 0 Å². The molecule has 0 aliphatic rings. The Morgan fingerprint density at radius 3 is 0.783 bits per heavy atom. The fraction of sp³-hybridized carbons (Fsp3) is 0.889. The number of unbranched alkanes of at least 4 members (excludes halogenated alkanes) is 13. The normalized spacial score (nSPS) is 10.3. The molecule has 0 aromatic heterocycles. The van der Waals surface area contributed by atoms with Gasteiger partial charge in [-0.2, -0.15) is 0 Å². The third-order valence-corrected chi connectivity index (χ3v) is 4.01. The smallest absolute Gasteiger partial charge is 0.550 e. The molecule has 23 heavy (non-hydrogen) atoms. The Bertz CT molecular complexity index is 254. The number of carboxylic acids is 2. The number of carbonyl (C=O) groups is 2. The van der Waals surface area contributed by atoms with E-state index in [0.29, 0.717) is 0 Å². The second-order valence-corrected chi connectivity index (χ2v) is 6.19. The second kappa shape index (κ2) is 20.6. The van der Waals surface area contributed by atoms with Crippen LogP contribution in [-0.2, 0) is 9.59 Å². The van der Waals surface area contributed by atoms with Gasteiger partial charge in [-0.25, -0.2) is 0 Å². The van der Waals surface area contributed by atoms with Crippen LogP contribution in [0.15, 0.2) is 0 Å². The minimum atomic E-state index is -0.932. The zero-order valence-electron chi connectivity index (χ0n) is 14.7. The molecule has 0 N–H and O–H groups in total. The maximum absolute atomic E-state index is 10.2. The van der Waals surface area contributed by atoms with Gasteiger partial charge in [-0.1, -0.05) is 77.0 Å². The first kappa shape index (κ1) is 25.7. The molecule has 0 unspecified atom stereocenters. The Kier molecular flexibility index (Phi) is 23.0. The van der Waals surface area contributed by atoms with E-state index in [1.165, 1.54) is 51.4 Å². The summed E-state index contributed by atoms with van der Waals surface area (Å²) >= 11 is 0. The molecule has 0 radical (unpaired) electrons. The van der Waals surface area contributed by atoms with Crippen molar-refractivity contribution in [2.45, 2.75) is 103 Å². The van der Waals surface area contributed by atoms with Crippen molar-refractivity contribution in [1.29, 1.82) is 0 Å². The molecule has 0 amide bonds. The maximum atomic E-state index is 10.2. The average Bonchev–Trinajstić information content (AvgIpc) is 2.46. The molecule has 0 atom stereocenters. The summed E-state index contributed by atoms with van der Waals surface area (Å²) in [4.78, 5) is 20.4. The van der Waals surface area contributed by atoms with E-state index in [4.69, 9.17) is 0 Å². The Morgan fingerprint density at radius 2 is 0.609 bits per heavy atom. The molecule has 0 bridgehead atoms.